The molecule has 0 heterocycles. The average Bonchev–Trinajstić information content (AvgIpc) is 3.34. The molecule has 3 aliphatic carbocycles. The second-order valence-corrected chi connectivity index (χ2v) is 9.31. The van der Waals surface area contributed by atoms with Gasteiger partial charge in [-0.15, -0.1) is 0 Å². The van der Waals surface area contributed by atoms with Gasteiger partial charge in [-0.25, -0.2) is 0 Å². The molecule has 3 saturated carbocycles. The molecule has 3 rings (SSSR count). The Hall–Kier alpha value is 0. The first-order chi connectivity index (χ1) is 11.4. The van der Waals surface area contributed by atoms with E-state index in [4.69, 9.17) is 0 Å². The van der Waals surface area contributed by atoms with Gasteiger partial charge < -0.3 is 0 Å². The highest BCUT2D eigenvalue weighted by Crippen LogP contribution is 2.57. The van der Waals surface area contributed by atoms with Crippen molar-refractivity contribution in [3.8, 4) is 0 Å². The smallest absolute Gasteiger partial charge is 0.0355 e. The van der Waals surface area contributed by atoms with E-state index in [1.165, 1.54) is 69.6 Å². The van der Waals surface area contributed by atoms with Crippen molar-refractivity contribution in [1.82, 2.24) is 0 Å². The van der Waals surface area contributed by atoms with E-state index < -0.39 is 0 Å². The maximum absolute atomic E-state index is 2.31. The van der Waals surface area contributed by atoms with Crippen molar-refractivity contribution in [2.75, 3.05) is 0 Å². The first kappa shape index (κ1) is 17.8. The third-order valence-corrected chi connectivity index (χ3v) is 7.54. The SMILES string of the molecule is CCCCCCCCCCCC1CCCCC2CC3CC3CC12. The molecule has 0 heteroatoms. The van der Waals surface area contributed by atoms with E-state index in [-0.39, 0.29) is 0 Å². The van der Waals surface area contributed by atoms with Crippen LogP contribution in [0.4, 0.5) is 0 Å². The number of hydrogen-bond acceptors (Lipinski definition) is 0. The monoisotopic (exact) mass is 318 g/mol. The molecule has 0 N–H and O–H groups in total. The van der Waals surface area contributed by atoms with Crippen LogP contribution in [0.1, 0.15) is 116 Å². The van der Waals surface area contributed by atoms with Crippen molar-refractivity contribution in [1.29, 1.82) is 0 Å². The maximum atomic E-state index is 2.31. The van der Waals surface area contributed by atoms with E-state index in [0.717, 1.165) is 17.8 Å². The standard InChI is InChI=1S/C23H42/c1-2-3-4-5-6-7-8-9-10-13-19-14-11-12-15-20-16-21-17-22(21)18-23(19)20/h19-23H,2-18H2,1H3. The molecule has 134 valence electrons. The number of rotatable bonds is 10. The van der Waals surface area contributed by atoms with E-state index in [1.54, 1.807) is 51.4 Å². The van der Waals surface area contributed by atoms with Crippen LogP contribution in [0.25, 0.3) is 0 Å². The summed E-state index contributed by atoms with van der Waals surface area (Å²) >= 11 is 0. The molecule has 0 aromatic carbocycles. The summed E-state index contributed by atoms with van der Waals surface area (Å²) in [7, 11) is 0. The quantitative estimate of drug-likeness (QED) is 0.361. The van der Waals surface area contributed by atoms with Crippen LogP contribution in [-0.2, 0) is 0 Å². The fourth-order valence-corrected chi connectivity index (χ4v) is 6.01. The van der Waals surface area contributed by atoms with Crippen LogP contribution in [0.3, 0.4) is 0 Å². The molecule has 0 aliphatic heterocycles. The van der Waals surface area contributed by atoms with E-state index in [1.807, 2.05) is 0 Å². The van der Waals surface area contributed by atoms with Gasteiger partial charge in [-0.3, -0.25) is 0 Å². The Morgan fingerprint density at radius 3 is 2.00 bits per heavy atom. The molecule has 0 radical (unpaired) electrons. The summed E-state index contributed by atoms with van der Waals surface area (Å²) in [5.74, 6) is 5.77. The normalized spacial score (nSPS) is 36.1. The minimum absolute atomic E-state index is 1.12. The van der Waals surface area contributed by atoms with Crippen LogP contribution in [0.15, 0.2) is 0 Å². The van der Waals surface area contributed by atoms with Gasteiger partial charge in [0.15, 0.2) is 0 Å². The first-order valence-electron chi connectivity index (χ1n) is 11.4. The fraction of sp³-hybridized carbons (Fsp3) is 1.00. The molecule has 0 saturated heterocycles. The highest BCUT2D eigenvalue weighted by atomic mass is 14.5. The van der Waals surface area contributed by atoms with Gasteiger partial charge in [-0.1, -0.05) is 96.8 Å². The van der Waals surface area contributed by atoms with Crippen LogP contribution < -0.4 is 0 Å². The summed E-state index contributed by atoms with van der Waals surface area (Å²) < 4.78 is 0. The van der Waals surface area contributed by atoms with Gasteiger partial charge in [0.25, 0.3) is 0 Å². The van der Waals surface area contributed by atoms with Crippen LogP contribution in [0.5, 0.6) is 0 Å². The number of hydrogen-bond donors (Lipinski definition) is 0. The van der Waals surface area contributed by atoms with Gasteiger partial charge >= 0.3 is 0 Å². The van der Waals surface area contributed by atoms with Crippen LogP contribution in [-0.4, -0.2) is 0 Å². The number of unbranched alkanes of at least 4 members (excludes halogenated alkanes) is 8. The molecule has 5 unspecified atom stereocenters. The zero-order valence-corrected chi connectivity index (χ0v) is 15.9. The zero-order valence-electron chi connectivity index (χ0n) is 15.9. The Bertz CT molecular complexity index is 320. The Morgan fingerprint density at radius 1 is 0.609 bits per heavy atom. The summed E-state index contributed by atoms with van der Waals surface area (Å²) in [6, 6.07) is 0. The highest BCUT2D eigenvalue weighted by molar-refractivity contribution is 4.98. The predicted molar refractivity (Wildman–Crippen MR) is 102 cm³/mol. The molecular weight excluding hydrogens is 276 g/mol. The van der Waals surface area contributed by atoms with E-state index in [0.29, 0.717) is 0 Å². The minimum atomic E-state index is 1.12. The summed E-state index contributed by atoms with van der Waals surface area (Å²) in [6.07, 6.45) is 26.1. The van der Waals surface area contributed by atoms with E-state index >= 15 is 0 Å². The Labute approximate surface area is 146 Å². The topological polar surface area (TPSA) is 0 Å². The van der Waals surface area contributed by atoms with Crippen molar-refractivity contribution in [2.45, 2.75) is 116 Å². The highest BCUT2D eigenvalue weighted by Gasteiger charge is 2.48. The molecule has 3 aliphatic rings. The first-order valence-corrected chi connectivity index (χ1v) is 11.4. The minimum Gasteiger partial charge on any atom is -0.0654 e. The van der Waals surface area contributed by atoms with Crippen molar-refractivity contribution in [3.05, 3.63) is 0 Å². The Morgan fingerprint density at radius 2 is 1.22 bits per heavy atom. The third kappa shape index (κ3) is 5.50. The summed E-state index contributed by atoms with van der Waals surface area (Å²) in [4.78, 5) is 0. The molecule has 0 spiro atoms. The maximum Gasteiger partial charge on any atom is -0.0355 e. The van der Waals surface area contributed by atoms with E-state index in [2.05, 4.69) is 6.92 Å². The van der Waals surface area contributed by atoms with Crippen molar-refractivity contribution < 1.29 is 0 Å². The average molecular weight is 319 g/mol. The van der Waals surface area contributed by atoms with Crippen molar-refractivity contribution >= 4 is 0 Å². The molecule has 23 heavy (non-hydrogen) atoms. The molecule has 0 aromatic rings. The lowest BCUT2D eigenvalue weighted by Gasteiger charge is -2.35. The van der Waals surface area contributed by atoms with Gasteiger partial charge in [0.1, 0.15) is 0 Å². The lowest BCUT2D eigenvalue weighted by Crippen LogP contribution is -2.26. The van der Waals surface area contributed by atoms with Gasteiger partial charge in [0.05, 0.1) is 0 Å². The van der Waals surface area contributed by atoms with Crippen molar-refractivity contribution in [3.63, 3.8) is 0 Å². The Balaban J connectivity index is 1.28. The molecule has 0 amide bonds. The van der Waals surface area contributed by atoms with Gasteiger partial charge in [0, 0.05) is 0 Å². The van der Waals surface area contributed by atoms with Crippen LogP contribution in [0, 0.1) is 29.6 Å². The van der Waals surface area contributed by atoms with Crippen LogP contribution in [0.2, 0.25) is 0 Å². The largest absolute Gasteiger partial charge is 0.0654 e. The molecule has 0 aromatic heterocycles. The molecular formula is C23H42. The fourth-order valence-electron chi connectivity index (χ4n) is 6.01. The summed E-state index contributed by atoms with van der Waals surface area (Å²) in [5, 5.41) is 0. The lowest BCUT2D eigenvalue weighted by molar-refractivity contribution is 0.147. The van der Waals surface area contributed by atoms with Gasteiger partial charge in [-0.05, 0) is 48.9 Å². The summed E-state index contributed by atoms with van der Waals surface area (Å²) in [6.45, 7) is 2.31. The number of fused-ring (bicyclic) bond motifs is 2. The summed E-state index contributed by atoms with van der Waals surface area (Å²) in [5.41, 5.74) is 0. The lowest BCUT2D eigenvalue weighted by atomic mass is 9.70. The molecule has 0 bridgehead atoms. The molecule has 0 nitrogen and oxygen atoms in total. The zero-order chi connectivity index (χ0) is 15.9. The second-order valence-electron chi connectivity index (χ2n) is 9.31. The molecule has 5 atom stereocenters. The third-order valence-electron chi connectivity index (χ3n) is 7.54. The van der Waals surface area contributed by atoms with Crippen LogP contribution >= 0.6 is 0 Å². The van der Waals surface area contributed by atoms with Gasteiger partial charge in [-0.2, -0.15) is 0 Å². The second kappa shape index (κ2) is 9.47. The van der Waals surface area contributed by atoms with E-state index in [9.17, 15) is 0 Å². The Kier molecular flexibility index (Phi) is 7.34. The van der Waals surface area contributed by atoms with Gasteiger partial charge in [0.2, 0.25) is 0 Å². The van der Waals surface area contributed by atoms with Crippen molar-refractivity contribution in [2.24, 2.45) is 29.6 Å². The predicted octanol–water partition coefficient (Wildman–Crippen LogP) is 7.76. The molecule has 3 fully saturated rings.